The van der Waals surface area contributed by atoms with E-state index in [-0.39, 0.29) is 25.6 Å². The minimum atomic E-state index is -4.39. The zero-order chi connectivity index (χ0) is 55.6. The van der Waals surface area contributed by atoms with Gasteiger partial charge < -0.3 is 18.9 Å². The van der Waals surface area contributed by atoms with Crippen molar-refractivity contribution < 1.29 is 42.1 Å². The van der Waals surface area contributed by atoms with Gasteiger partial charge >= 0.3 is 19.8 Å². The SMILES string of the molecule is CCCCCCC/C=C\C/C=C\CCCCCCCCCCCCCCCC(=O)OC(COC(=O)CCCCCCCCCCCCCCCCC/C=C\CCCCCCCCCC)COP(=O)(O)OCC[N+](C)(C)C. The standard InChI is InChI=1S/C66H126NO8P/c1-6-8-10-12-14-16-18-20-22-24-26-28-30-32-33-35-36-38-40-42-44-46-48-50-52-54-56-58-65(68)72-62-64(63-74-76(70,71)73-61-60-67(3,4)5)75-66(69)59-57-55-53-51-49-47-45-43-41-39-37-34-31-29-27-25-23-21-19-17-15-13-11-9-7-2/h19,21,24-27,64H,6-18,20,22-23,28-63H2,1-5H3/p+1/b21-19-,26-24-,27-25-. The van der Waals surface area contributed by atoms with Crippen molar-refractivity contribution >= 4 is 19.8 Å². The van der Waals surface area contributed by atoms with Crippen LogP contribution in [0.5, 0.6) is 0 Å². The minimum absolute atomic E-state index is 0.0333. The fourth-order valence-electron chi connectivity index (χ4n) is 9.57. The van der Waals surface area contributed by atoms with Gasteiger partial charge in [-0.1, -0.05) is 275 Å². The molecule has 0 bridgehead atoms. The lowest BCUT2D eigenvalue weighted by Crippen LogP contribution is -2.37. The van der Waals surface area contributed by atoms with Crippen LogP contribution in [0.25, 0.3) is 0 Å². The second-order valence-corrected chi connectivity index (χ2v) is 25.0. The Balaban J connectivity index is 4.06. The van der Waals surface area contributed by atoms with E-state index in [0.29, 0.717) is 23.9 Å². The maximum atomic E-state index is 12.8. The Labute approximate surface area is 471 Å². The van der Waals surface area contributed by atoms with Gasteiger partial charge in [0.05, 0.1) is 27.7 Å². The molecule has 0 aromatic carbocycles. The van der Waals surface area contributed by atoms with Crippen LogP contribution in [0.15, 0.2) is 36.5 Å². The Morgan fingerprint density at radius 2 is 0.711 bits per heavy atom. The number of hydrogen-bond acceptors (Lipinski definition) is 7. The van der Waals surface area contributed by atoms with Crippen molar-refractivity contribution in [2.75, 3.05) is 47.5 Å². The predicted octanol–water partition coefficient (Wildman–Crippen LogP) is 20.7. The summed E-state index contributed by atoms with van der Waals surface area (Å²) in [7, 11) is 1.49. The summed E-state index contributed by atoms with van der Waals surface area (Å²) in [5.41, 5.74) is 0. The van der Waals surface area contributed by atoms with Crippen LogP contribution in [0.3, 0.4) is 0 Å². The molecule has 0 saturated carbocycles. The summed E-state index contributed by atoms with van der Waals surface area (Å²) in [5.74, 6) is -0.782. The number of allylic oxidation sites excluding steroid dienone is 6. The van der Waals surface area contributed by atoms with Gasteiger partial charge in [-0.15, -0.1) is 0 Å². The fraction of sp³-hybridized carbons (Fsp3) is 0.879. The van der Waals surface area contributed by atoms with E-state index < -0.39 is 26.5 Å². The molecule has 9 nitrogen and oxygen atoms in total. The molecule has 0 rings (SSSR count). The Morgan fingerprint density at radius 3 is 1.05 bits per heavy atom. The number of phosphoric acid groups is 1. The first-order valence-corrected chi connectivity index (χ1v) is 34.2. The molecule has 448 valence electrons. The molecule has 10 heteroatoms. The number of phosphoric ester groups is 1. The molecule has 0 saturated heterocycles. The first kappa shape index (κ1) is 74.2. The highest BCUT2D eigenvalue weighted by atomic mass is 31.2. The number of hydrogen-bond donors (Lipinski definition) is 1. The average Bonchev–Trinajstić information content (AvgIpc) is 3.38. The Bertz CT molecular complexity index is 1380. The highest BCUT2D eigenvalue weighted by Gasteiger charge is 2.27. The first-order chi connectivity index (χ1) is 37.0. The highest BCUT2D eigenvalue weighted by Crippen LogP contribution is 2.43. The van der Waals surface area contributed by atoms with Crippen LogP contribution in [-0.2, 0) is 32.7 Å². The normalized spacial score (nSPS) is 13.4. The number of carbonyl (C=O) groups excluding carboxylic acids is 2. The van der Waals surface area contributed by atoms with E-state index in [0.717, 1.165) is 38.5 Å². The Morgan fingerprint density at radius 1 is 0.408 bits per heavy atom. The quantitative estimate of drug-likeness (QED) is 0.0211. The molecule has 2 atom stereocenters. The lowest BCUT2D eigenvalue weighted by atomic mass is 10.0. The van der Waals surface area contributed by atoms with Crippen LogP contribution >= 0.6 is 7.82 Å². The number of carbonyl (C=O) groups is 2. The van der Waals surface area contributed by atoms with Crippen molar-refractivity contribution in [3.05, 3.63) is 36.5 Å². The third kappa shape index (κ3) is 61.4. The number of ether oxygens (including phenoxy) is 2. The molecule has 0 radical (unpaired) electrons. The molecule has 0 aliphatic heterocycles. The molecule has 0 aromatic rings. The van der Waals surface area contributed by atoms with Gasteiger partial charge in [0.25, 0.3) is 0 Å². The van der Waals surface area contributed by atoms with Gasteiger partial charge in [-0.05, 0) is 70.6 Å². The molecule has 0 aromatic heterocycles. The van der Waals surface area contributed by atoms with E-state index in [1.807, 2.05) is 21.1 Å². The number of nitrogens with zero attached hydrogens (tertiary/aromatic N) is 1. The van der Waals surface area contributed by atoms with Crippen molar-refractivity contribution in [3.8, 4) is 0 Å². The van der Waals surface area contributed by atoms with Gasteiger partial charge in [0, 0.05) is 12.8 Å². The molecule has 0 fully saturated rings. The smallest absolute Gasteiger partial charge is 0.462 e. The maximum Gasteiger partial charge on any atom is 0.472 e. The van der Waals surface area contributed by atoms with E-state index >= 15 is 0 Å². The molecule has 0 heterocycles. The van der Waals surface area contributed by atoms with E-state index in [9.17, 15) is 19.0 Å². The molecular formula is C66H127NO8P+. The van der Waals surface area contributed by atoms with Crippen LogP contribution < -0.4 is 0 Å². The van der Waals surface area contributed by atoms with E-state index in [1.165, 1.54) is 250 Å². The van der Waals surface area contributed by atoms with Gasteiger partial charge in [0.2, 0.25) is 0 Å². The Kier molecular flexibility index (Phi) is 56.6. The first-order valence-electron chi connectivity index (χ1n) is 32.7. The van der Waals surface area contributed by atoms with Gasteiger partial charge in [-0.25, -0.2) is 4.57 Å². The third-order valence-electron chi connectivity index (χ3n) is 14.6. The van der Waals surface area contributed by atoms with Gasteiger partial charge in [-0.2, -0.15) is 0 Å². The monoisotopic (exact) mass is 1090 g/mol. The van der Waals surface area contributed by atoms with Gasteiger partial charge in [0.15, 0.2) is 6.10 Å². The summed E-state index contributed by atoms with van der Waals surface area (Å²) in [5, 5.41) is 0. The predicted molar refractivity (Wildman–Crippen MR) is 326 cm³/mol. The molecule has 0 aliphatic carbocycles. The summed E-state index contributed by atoms with van der Waals surface area (Å²) in [4.78, 5) is 35.8. The van der Waals surface area contributed by atoms with Crippen LogP contribution in [0.2, 0.25) is 0 Å². The Hall–Kier alpha value is -1.77. The lowest BCUT2D eigenvalue weighted by Gasteiger charge is -2.24. The molecule has 76 heavy (non-hydrogen) atoms. The number of rotatable bonds is 61. The summed E-state index contributed by atoms with van der Waals surface area (Å²) < 4.78 is 34.7. The summed E-state index contributed by atoms with van der Waals surface area (Å²) >= 11 is 0. The second kappa shape index (κ2) is 57.9. The largest absolute Gasteiger partial charge is 0.472 e. The van der Waals surface area contributed by atoms with Crippen molar-refractivity contribution in [1.82, 2.24) is 0 Å². The van der Waals surface area contributed by atoms with Crippen LogP contribution in [0.1, 0.15) is 322 Å². The summed E-state index contributed by atoms with van der Waals surface area (Å²) in [6.45, 7) is 4.48. The molecule has 1 N–H and O–H groups in total. The average molecular weight is 1090 g/mol. The lowest BCUT2D eigenvalue weighted by molar-refractivity contribution is -0.870. The fourth-order valence-corrected chi connectivity index (χ4v) is 10.3. The van der Waals surface area contributed by atoms with Gasteiger partial charge in [-0.3, -0.25) is 18.6 Å². The number of esters is 2. The second-order valence-electron chi connectivity index (χ2n) is 23.5. The maximum absolute atomic E-state index is 12.8. The molecule has 2 unspecified atom stereocenters. The van der Waals surface area contributed by atoms with E-state index in [1.54, 1.807) is 0 Å². The topological polar surface area (TPSA) is 108 Å². The molecule has 0 spiro atoms. The molecule has 0 amide bonds. The molecular weight excluding hydrogens is 966 g/mol. The minimum Gasteiger partial charge on any atom is -0.462 e. The number of quaternary nitrogens is 1. The number of likely N-dealkylation sites (N-methyl/N-ethyl adjacent to an activating group) is 1. The summed E-state index contributed by atoms with van der Waals surface area (Å²) in [6, 6.07) is 0. The zero-order valence-electron chi connectivity index (χ0n) is 51.0. The molecule has 0 aliphatic rings. The summed E-state index contributed by atoms with van der Waals surface area (Å²) in [6.07, 6.45) is 72.3. The van der Waals surface area contributed by atoms with Crippen LogP contribution in [0.4, 0.5) is 0 Å². The van der Waals surface area contributed by atoms with Crippen LogP contribution in [0, 0.1) is 0 Å². The van der Waals surface area contributed by atoms with Crippen molar-refractivity contribution in [3.63, 3.8) is 0 Å². The van der Waals surface area contributed by atoms with Crippen molar-refractivity contribution in [2.24, 2.45) is 0 Å². The van der Waals surface area contributed by atoms with Gasteiger partial charge in [0.1, 0.15) is 19.8 Å². The number of unbranched alkanes of at least 4 members (excludes halogenated alkanes) is 41. The third-order valence-corrected chi connectivity index (χ3v) is 15.6. The van der Waals surface area contributed by atoms with E-state index in [4.69, 9.17) is 18.5 Å². The zero-order valence-corrected chi connectivity index (χ0v) is 51.9. The van der Waals surface area contributed by atoms with E-state index in [2.05, 4.69) is 50.3 Å². The van der Waals surface area contributed by atoms with Crippen molar-refractivity contribution in [2.45, 2.75) is 328 Å². The van der Waals surface area contributed by atoms with Crippen LogP contribution in [-0.4, -0.2) is 74.9 Å². The highest BCUT2D eigenvalue weighted by molar-refractivity contribution is 7.47. The van der Waals surface area contributed by atoms with Crippen molar-refractivity contribution in [1.29, 1.82) is 0 Å².